The molecule has 0 bridgehead atoms. The summed E-state index contributed by atoms with van der Waals surface area (Å²) < 4.78 is 5.88. The summed E-state index contributed by atoms with van der Waals surface area (Å²) in [6, 6.07) is 18.3. The average Bonchev–Trinajstić information content (AvgIpc) is 2.63. The molecule has 1 unspecified atom stereocenters. The van der Waals surface area contributed by atoms with Crippen LogP contribution in [-0.2, 0) is 13.2 Å². The van der Waals surface area contributed by atoms with Crippen LogP contribution in [0.2, 0.25) is 0 Å². The second kappa shape index (κ2) is 8.29. The molecule has 1 aliphatic heterocycles. The Morgan fingerprint density at radius 1 is 1.04 bits per heavy atom. The quantitative estimate of drug-likeness (QED) is 0.856. The van der Waals surface area contributed by atoms with Gasteiger partial charge in [-0.15, -0.1) is 0 Å². The maximum atomic E-state index is 9.76. The lowest BCUT2D eigenvalue weighted by Gasteiger charge is -2.36. The van der Waals surface area contributed by atoms with Crippen molar-refractivity contribution in [2.45, 2.75) is 38.1 Å². The summed E-state index contributed by atoms with van der Waals surface area (Å²) in [6.45, 7) is 2.21. The van der Waals surface area contributed by atoms with E-state index in [1.807, 2.05) is 30.3 Å². The second-order valence-corrected chi connectivity index (χ2v) is 6.41. The molecule has 0 aromatic heterocycles. The predicted molar refractivity (Wildman–Crippen MR) is 93.7 cm³/mol. The summed E-state index contributed by atoms with van der Waals surface area (Å²) in [5.74, 6) is 0.856. The van der Waals surface area contributed by atoms with Crippen LogP contribution in [0.15, 0.2) is 54.6 Å². The maximum Gasteiger partial charge on any atom is 0.120 e. The van der Waals surface area contributed by atoms with Crippen molar-refractivity contribution < 1.29 is 14.9 Å². The normalized spacial score (nSPS) is 21.6. The predicted octanol–water partition coefficient (Wildman–Crippen LogP) is 2.58. The summed E-state index contributed by atoms with van der Waals surface area (Å²) in [4.78, 5) is 2.24. The molecule has 1 heterocycles. The maximum absolute atomic E-state index is 9.76. The van der Waals surface area contributed by atoms with Gasteiger partial charge in [-0.05, 0) is 36.1 Å². The molecular weight excluding hydrogens is 302 g/mol. The van der Waals surface area contributed by atoms with Crippen molar-refractivity contribution >= 4 is 0 Å². The van der Waals surface area contributed by atoms with E-state index in [0.29, 0.717) is 13.0 Å². The molecule has 1 saturated heterocycles. The summed E-state index contributed by atoms with van der Waals surface area (Å²) in [6.07, 6.45) is 1.11. The molecule has 128 valence electrons. The third-order valence-corrected chi connectivity index (χ3v) is 4.55. The van der Waals surface area contributed by atoms with Gasteiger partial charge in [-0.25, -0.2) is 0 Å². The molecule has 4 heteroatoms. The number of ether oxygens (including phenoxy) is 1. The molecule has 2 aromatic carbocycles. The van der Waals surface area contributed by atoms with E-state index in [0.717, 1.165) is 36.4 Å². The van der Waals surface area contributed by atoms with E-state index in [2.05, 4.69) is 29.2 Å². The van der Waals surface area contributed by atoms with Gasteiger partial charge in [0.05, 0.1) is 12.7 Å². The molecule has 2 aromatic rings. The van der Waals surface area contributed by atoms with Gasteiger partial charge >= 0.3 is 0 Å². The number of nitrogens with zero attached hydrogens (tertiary/aromatic N) is 1. The van der Waals surface area contributed by atoms with Crippen LogP contribution < -0.4 is 4.74 Å². The fourth-order valence-electron chi connectivity index (χ4n) is 3.19. The van der Waals surface area contributed by atoms with Crippen LogP contribution in [0, 0.1) is 0 Å². The molecule has 1 fully saturated rings. The summed E-state index contributed by atoms with van der Waals surface area (Å²) in [5.41, 5.74) is 2.31. The average molecular weight is 327 g/mol. The van der Waals surface area contributed by atoms with Gasteiger partial charge in [0, 0.05) is 19.1 Å². The number of aliphatic hydroxyl groups excluding tert-OH is 2. The van der Waals surface area contributed by atoms with Crippen molar-refractivity contribution in [3.63, 3.8) is 0 Å². The molecule has 24 heavy (non-hydrogen) atoms. The Morgan fingerprint density at radius 3 is 2.62 bits per heavy atom. The van der Waals surface area contributed by atoms with Gasteiger partial charge in [0.25, 0.3) is 0 Å². The largest absolute Gasteiger partial charge is 0.489 e. The fourth-order valence-corrected chi connectivity index (χ4v) is 3.19. The topological polar surface area (TPSA) is 52.9 Å². The number of hydrogen-bond acceptors (Lipinski definition) is 4. The highest BCUT2D eigenvalue weighted by Gasteiger charge is 2.26. The minimum atomic E-state index is -0.293. The summed E-state index contributed by atoms with van der Waals surface area (Å²) in [7, 11) is 0. The van der Waals surface area contributed by atoms with E-state index >= 15 is 0 Å². The van der Waals surface area contributed by atoms with E-state index in [1.54, 1.807) is 0 Å². The SMILES string of the molecule is OC[C@H]1CC(O)CCN1Cc1cccc(OCc2ccccc2)c1. The first-order chi connectivity index (χ1) is 11.7. The Morgan fingerprint density at radius 2 is 1.83 bits per heavy atom. The Labute approximate surface area is 143 Å². The van der Waals surface area contributed by atoms with Gasteiger partial charge in [-0.2, -0.15) is 0 Å². The van der Waals surface area contributed by atoms with Crippen LogP contribution in [0.3, 0.4) is 0 Å². The molecule has 0 radical (unpaired) electrons. The van der Waals surface area contributed by atoms with Crippen molar-refractivity contribution in [2.24, 2.45) is 0 Å². The summed E-state index contributed by atoms with van der Waals surface area (Å²) >= 11 is 0. The monoisotopic (exact) mass is 327 g/mol. The number of rotatable bonds is 6. The van der Waals surface area contributed by atoms with Crippen molar-refractivity contribution in [2.75, 3.05) is 13.2 Å². The first-order valence-corrected chi connectivity index (χ1v) is 8.53. The lowest BCUT2D eigenvalue weighted by molar-refractivity contribution is 0.0128. The molecule has 0 amide bonds. The van der Waals surface area contributed by atoms with Crippen LogP contribution in [0.1, 0.15) is 24.0 Å². The first-order valence-electron chi connectivity index (χ1n) is 8.53. The van der Waals surface area contributed by atoms with Crippen molar-refractivity contribution in [3.8, 4) is 5.75 Å². The zero-order valence-corrected chi connectivity index (χ0v) is 13.8. The molecule has 4 nitrogen and oxygen atoms in total. The van der Waals surface area contributed by atoms with E-state index in [-0.39, 0.29) is 18.8 Å². The van der Waals surface area contributed by atoms with Gasteiger partial charge in [-0.3, -0.25) is 4.90 Å². The van der Waals surface area contributed by atoms with E-state index in [9.17, 15) is 10.2 Å². The molecular formula is C20H25NO3. The summed E-state index contributed by atoms with van der Waals surface area (Å²) in [5, 5.41) is 19.3. The smallest absolute Gasteiger partial charge is 0.120 e. The molecule has 3 rings (SSSR count). The molecule has 0 aliphatic carbocycles. The molecule has 0 spiro atoms. The van der Waals surface area contributed by atoms with Gasteiger partial charge in [0.15, 0.2) is 0 Å². The van der Waals surface area contributed by atoms with Crippen LogP contribution in [0.4, 0.5) is 0 Å². The highest BCUT2D eigenvalue weighted by atomic mass is 16.5. The van der Waals surface area contributed by atoms with Crippen LogP contribution >= 0.6 is 0 Å². The molecule has 2 N–H and O–H groups in total. The van der Waals surface area contributed by atoms with Crippen LogP contribution in [0.25, 0.3) is 0 Å². The van der Waals surface area contributed by atoms with Crippen LogP contribution in [0.5, 0.6) is 5.75 Å². The van der Waals surface area contributed by atoms with Crippen molar-refractivity contribution in [1.82, 2.24) is 4.90 Å². The number of hydrogen-bond donors (Lipinski definition) is 2. The third kappa shape index (κ3) is 4.57. The van der Waals surface area contributed by atoms with Gasteiger partial charge < -0.3 is 14.9 Å². The molecule has 2 atom stereocenters. The minimum absolute atomic E-state index is 0.0302. The Balaban J connectivity index is 1.60. The van der Waals surface area contributed by atoms with Crippen molar-refractivity contribution in [3.05, 3.63) is 65.7 Å². The Bertz CT molecular complexity index is 632. The van der Waals surface area contributed by atoms with Gasteiger partial charge in [0.2, 0.25) is 0 Å². The lowest BCUT2D eigenvalue weighted by atomic mass is 9.99. The Hall–Kier alpha value is -1.88. The number of benzene rings is 2. The fraction of sp³-hybridized carbons (Fsp3) is 0.400. The standard InChI is InChI=1S/C20H25NO3/c22-14-18-12-19(23)9-10-21(18)13-17-7-4-8-20(11-17)24-15-16-5-2-1-3-6-16/h1-8,11,18-19,22-23H,9-10,12-15H2/t18-,19?/m1/s1. The number of piperidine rings is 1. The van der Waals surface area contributed by atoms with E-state index < -0.39 is 0 Å². The third-order valence-electron chi connectivity index (χ3n) is 4.55. The zero-order chi connectivity index (χ0) is 16.8. The first kappa shape index (κ1) is 17.0. The number of likely N-dealkylation sites (tertiary alicyclic amines) is 1. The van der Waals surface area contributed by atoms with Gasteiger partial charge in [-0.1, -0.05) is 42.5 Å². The molecule has 0 saturated carbocycles. The van der Waals surface area contributed by atoms with E-state index in [1.165, 1.54) is 0 Å². The zero-order valence-electron chi connectivity index (χ0n) is 13.8. The lowest BCUT2D eigenvalue weighted by Crippen LogP contribution is -2.45. The second-order valence-electron chi connectivity index (χ2n) is 6.41. The van der Waals surface area contributed by atoms with E-state index in [4.69, 9.17) is 4.74 Å². The minimum Gasteiger partial charge on any atom is -0.489 e. The van der Waals surface area contributed by atoms with Gasteiger partial charge in [0.1, 0.15) is 12.4 Å². The highest BCUT2D eigenvalue weighted by molar-refractivity contribution is 5.29. The number of aliphatic hydroxyl groups is 2. The Kier molecular flexibility index (Phi) is 5.86. The van der Waals surface area contributed by atoms with Crippen LogP contribution in [-0.4, -0.2) is 40.4 Å². The highest BCUT2D eigenvalue weighted by Crippen LogP contribution is 2.22. The van der Waals surface area contributed by atoms with Crippen molar-refractivity contribution in [1.29, 1.82) is 0 Å². The molecule has 1 aliphatic rings.